The zero-order chi connectivity index (χ0) is 22.0. The monoisotopic (exact) mass is 435 g/mol. The second kappa shape index (κ2) is 9.36. The predicted molar refractivity (Wildman–Crippen MR) is 108 cm³/mol. The van der Waals surface area contributed by atoms with Crippen molar-refractivity contribution < 1.29 is 22.4 Å². The lowest BCUT2D eigenvalue weighted by molar-refractivity contribution is -0.136. The van der Waals surface area contributed by atoms with E-state index in [4.69, 9.17) is 0 Å². The normalized spacial score (nSPS) is 20.3. The van der Waals surface area contributed by atoms with Gasteiger partial charge in [0, 0.05) is 49.4 Å². The number of amides is 1. The molecule has 31 heavy (non-hydrogen) atoms. The Hall–Kier alpha value is -2.45. The molecule has 0 aliphatic carbocycles. The third kappa shape index (κ3) is 4.75. The van der Waals surface area contributed by atoms with Gasteiger partial charge in [-0.1, -0.05) is 18.6 Å². The van der Waals surface area contributed by atoms with E-state index < -0.39 is 29.3 Å². The number of rotatable bonds is 4. The first kappa shape index (κ1) is 21.8. The van der Waals surface area contributed by atoms with Gasteiger partial charge in [0.1, 0.15) is 23.3 Å². The summed E-state index contributed by atoms with van der Waals surface area (Å²) in [6.45, 7) is 2.43. The standard InChI is InChI=1S/C23H25F4N3O/c24-15-4-6-17(19(26)13-15)22(18-7-5-16(25)14-20(18)27)29-9-11-30(12-10-29)23(31)21-3-1-2-8-28-21/h4-7,13-14,21-22,28H,1-3,8-12H2/t21-/m0/s1. The number of benzene rings is 2. The van der Waals surface area contributed by atoms with Crippen LogP contribution < -0.4 is 5.32 Å². The van der Waals surface area contributed by atoms with Gasteiger partial charge in [-0.15, -0.1) is 0 Å². The molecule has 2 fully saturated rings. The third-order valence-corrected chi connectivity index (χ3v) is 6.11. The van der Waals surface area contributed by atoms with Gasteiger partial charge < -0.3 is 10.2 Å². The molecule has 0 saturated carbocycles. The number of halogens is 4. The van der Waals surface area contributed by atoms with Crippen LogP contribution in [-0.4, -0.2) is 54.5 Å². The fraction of sp³-hybridized carbons (Fsp3) is 0.435. The number of nitrogens with one attached hydrogen (secondary N) is 1. The molecular weight excluding hydrogens is 410 g/mol. The lowest BCUT2D eigenvalue weighted by Crippen LogP contribution is -2.55. The second-order valence-electron chi connectivity index (χ2n) is 8.10. The molecule has 4 nitrogen and oxygen atoms in total. The van der Waals surface area contributed by atoms with Crippen molar-refractivity contribution in [2.75, 3.05) is 32.7 Å². The number of carbonyl (C=O) groups excluding carboxylic acids is 1. The molecule has 2 aliphatic heterocycles. The third-order valence-electron chi connectivity index (χ3n) is 6.11. The zero-order valence-corrected chi connectivity index (χ0v) is 17.1. The van der Waals surface area contributed by atoms with Gasteiger partial charge in [0.15, 0.2) is 0 Å². The van der Waals surface area contributed by atoms with Crippen molar-refractivity contribution in [3.05, 3.63) is 70.8 Å². The Bertz CT molecular complexity index is 889. The van der Waals surface area contributed by atoms with Crippen molar-refractivity contribution in [2.45, 2.75) is 31.3 Å². The average Bonchev–Trinajstić information content (AvgIpc) is 2.77. The number of piperidine rings is 1. The number of hydrogen-bond acceptors (Lipinski definition) is 3. The molecule has 0 unspecified atom stereocenters. The highest BCUT2D eigenvalue weighted by Crippen LogP contribution is 2.33. The van der Waals surface area contributed by atoms with E-state index >= 15 is 0 Å². The first-order chi connectivity index (χ1) is 14.9. The van der Waals surface area contributed by atoms with E-state index in [0.717, 1.165) is 50.1 Å². The Morgan fingerprint density at radius 3 is 1.94 bits per heavy atom. The maximum Gasteiger partial charge on any atom is 0.239 e. The molecule has 2 aliphatic rings. The summed E-state index contributed by atoms with van der Waals surface area (Å²) < 4.78 is 56.3. The molecule has 166 valence electrons. The summed E-state index contributed by atoms with van der Waals surface area (Å²) in [7, 11) is 0. The molecule has 2 heterocycles. The molecule has 1 N–H and O–H groups in total. The molecule has 8 heteroatoms. The molecule has 4 rings (SSSR count). The van der Waals surface area contributed by atoms with E-state index in [9.17, 15) is 22.4 Å². The molecular formula is C23H25F4N3O. The van der Waals surface area contributed by atoms with Crippen LogP contribution in [0.25, 0.3) is 0 Å². The zero-order valence-electron chi connectivity index (χ0n) is 17.1. The average molecular weight is 435 g/mol. The van der Waals surface area contributed by atoms with Crippen molar-refractivity contribution in [1.29, 1.82) is 0 Å². The molecule has 0 radical (unpaired) electrons. The molecule has 2 aromatic carbocycles. The predicted octanol–water partition coefficient (Wildman–Crippen LogP) is 3.62. The minimum absolute atomic E-state index is 0.0526. The first-order valence-electron chi connectivity index (χ1n) is 10.6. The van der Waals surface area contributed by atoms with Crippen LogP contribution in [0.15, 0.2) is 36.4 Å². The van der Waals surface area contributed by atoms with Crippen molar-refractivity contribution in [3.63, 3.8) is 0 Å². The van der Waals surface area contributed by atoms with Crippen molar-refractivity contribution in [3.8, 4) is 0 Å². The van der Waals surface area contributed by atoms with E-state index in [2.05, 4.69) is 5.32 Å². The van der Waals surface area contributed by atoms with E-state index in [0.29, 0.717) is 26.2 Å². The number of nitrogens with zero attached hydrogens (tertiary/aromatic N) is 2. The Morgan fingerprint density at radius 2 is 1.45 bits per heavy atom. The number of piperazine rings is 1. The van der Waals surface area contributed by atoms with Crippen LogP contribution in [0.1, 0.15) is 36.4 Å². The molecule has 0 bridgehead atoms. The fourth-order valence-corrected chi connectivity index (χ4v) is 4.49. The van der Waals surface area contributed by atoms with Crippen molar-refractivity contribution in [1.82, 2.24) is 15.1 Å². The summed E-state index contributed by atoms with van der Waals surface area (Å²) in [6, 6.07) is 5.33. The summed E-state index contributed by atoms with van der Waals surface area (Å²) in [5.41, 5.74) is 0.223. The molecule has 0 aromatic heterocycles. The second-order valence-corrected chi connectivity index (χ2v) is 8.10. The Labute approximate surface area is 178 Å². The summed E-state index contributed by atoms with van der Waals surface area (Å²) in [4.78, 5) is 16.4. The van der Waals surface area contributed by atoms with Crippen LogP contribution in [0.3, 0.4) is 0 Å². The van der Waals surface area contributed by atoms with E-state index in [-0.39, 0.29) is 23.1 Å². The van der Waals surface area contributed by atoms with Gasteiger partial charge in [-0.25, -0.2) is 17.6 Å². The Morgan fingerprint density at radius 1 is 0.871 bits per heavy atom. The van der Waals surface area contributed by atoms with Gasteiger partial charge in [-0.05, 0) is 31.5 Å². The van der Waals surface area contributed by atoms with Gasteiger partial charge in [-0.3, -0.25) is 9.69 Å². The van der Waals surface area contributed by atoms with Gasteiger partial charge in [0.05, 0.1) is 12.1 Å². The minimum atomic E-state index is -0.855. The lowest BCUT2D eigenvalue weighted by Gasteiger charge is -2.41. The quantitative estimate of drug-likeness (QED) is 0.746. The maximum absolute atomic E-state index is 14.7. The van der Waals surface area contributed by atoms with E-state index in [1.165, 1.54) is 12.1 Å². The van der Waals surface area contributed by atoms with Crippen LogP contribution in [-0.2, 0) is 4.79 Å². The first-order valence-corrected chi connectivity index (χ1v) is 10.6. The summed E-state index contributed by atoms with van der Waals surface area (Å²) in [5, 5.41) is 3.25. The molecule has 0 spiro atoms. The molecule has 1 amide bonds. The summed E-state index contributed by atoms with van der Waals surface area (Å²) in [6.07, 6.45) is 2.88. The molecule has 2 aromatic rings. The SMILES string of the molecule is O=C([C@@H]1CCCCN1)N1CCN(C(c2ccc(F)cc2F)c2ccc(F)cc2F)CC1. The minimum Gasteiger partial charge on any atom is -0.339 e. The van der Waals surface area contributed by atoms with Gasteiger partial charge in [0.25, 0.3) is 0 Å². The smallest absolute Gasteiger partial charge is 0.239 e. The Balaban J connectivity index is 1.57. The van der Waals surface area contributed by atoms with Crippen LogP contribution in [0.2, 0.25) is 0 Å². The summed E-state index contributed by atoms with van der Waals surface area (Å²) in [5.74, 6) is -2.99. The van der Waals surface area contributed by atoms with Crippen molar-refractivity contribution in [2.24, 2.45) is 0 Å². The number of carbonyl (C=O) groups is 1. The highest BCUT2D eigenvalue weighted by Gasteiger charge is 2.33. The fourth-order valence-electron chi connectivity index (χ4n) is 4.49. The largest absolute Gasteiger partial charge is 0.339 e. The van der Waals surface area contributed by atoms with Gasteiger partial charge in [-0.2, -0.15) is 0 Å². The van der Waals surface area contributed by atoms with Crippen LogP contribution >= 0.6 is 0 Å². The van der Waals surface area contributed by atoms with Crippen LogP contribution in [0.5, 0.6) is 0 Å². The van der Waals surface area contributed by atoms with Crippen LogP contribution in [0, 0.1) is 23.3 Å². The van der Waals surface area contributed by atoms with Gasteiger partial charge in [0.2, 0.25) is 5.91 Å². The van der Waals surface area contributed by atoms with Gasteiger partial charge >= 0.3 is 0 Å². The molecule has 2 saturated heterocycles. The van der Waals surface area contributed by atoms with Crippen molar-refractivity contribution >= 4 is 5.91 Å². The molecule has 1 atom stereocenters. The van der Waals surface area contributed by atoms with E-state index in [1.54, 1.807) is 4.90 Å². The maximum atomic E-state index is 14.7. The Kier molecular flexibility index (Phi) is 6.57. The topological polar surface area (TPSA) is 35.6 Å². The number of hydrogen-bond donors (Lipinski definition) is 1. The lowest BCUT2D eigenvalue weighted by atomic mass is 9.95. The van der Waals surface area contributed by atoms with Crippen LogP contribution in [0.4, 0.5) is 17.6 Å². The highest BCUT2D eigenvalue weighted by molar-refractivity contribution is 5.82. The summed E-state index contributed by atoms with van der Waals surface area (Å²) >= 11 is 0. The van der Waals surface area contributed by atoms with E-state index in [1.807, 2.05) is 4.90 Å². The highest BCUT2D eigenvalue weighted by atomic mass is 19.1.